The third-order valence-corrected chi connectivity index (χ3v) is 5.53. The fourth-order valence-corrected chi connectivity index (χ4v) is 3.81. The van der Waals surface area contributed by atoms with Crippen LogP contribution in [0.25, 0.3) is 11.2 Å². The molecular formula is C20H31N5O6. The average Bonchev–Trinajstić information content (AvgIpc) is 3.30. The van der Waals surface area contributed by atoms with E-state index in [0.717, 1.165) is 19.3 Å². The van der Waals surface area contributed by atoms with Crippen molar-refractivity contribution in [2.24, 2.45) is 0 Å². The van der Waals surface area contributed by atoms with Gasteiger partial charge in [-0.3, -0.25) is 23.3 Å². The Morgan fingerprint density at radius 1 is 1.10 bits per heavy atom. The zero-order valence-electron chi connectivity index (χ0n) is 18.2. The summed E-state index contributed by atoms with van der Waals surface area (Å²) in [5.41, 5.74) is -0.661. The van der Waals surface area contributed by atoms with Crippen LogP contribution in [-0.2, 0) is 22.6 Å². The number of hydrogen-bond donors (Lipinski definition) is 3. The van der Waals surface area contributed by atoms with E-state index in [9.17, 15) is 24.6 Å². The molecule has 172 valence electrons. The number of aliphatic hydroxyl groups is 2. The lowest BCUT2D eigenvalue weighted by Gasteiger charge is -2.18. The largest absolute Gasteiger partial charge is 0.387 e. The first-order valence-electron chi connectivity index (χ1n) is 10.9. The van der Waals surface area contributed by atoms with Crippen LogP contribution in [0.1, 0.15) is 52.7 Å². The topological polar surface area (TPSA) is 141 Å². The van der Waals surface area contributed by atoms with Crippen molar-refractivity contribution in [2.45, 2.75) is 84.1 Å². The summed E-state index contributed by atoms with van der Waals surface area (Å²) < 4.78 is 9.61. The number of aliphatic hydroxyl groups excluding tert-OH is 2. The van der Waals surface area contributed by atoms with E-state index in [2.05, 4.69) is 10.3 Å². The number of unbranched alkanes of at least 4 members (excludes halogenated alkanes) is 2. The summed E-state index contributed by atoms with van der Waals surface area (Å²) in [5.74, 6) is -0.554. The molecule has 0 aromatic carbocycles. The Morgan fingerprint density at radius 3 is 2.35 bits per heavy atom. The van der Waals surface area contributed by atoms with E-state index in [-0.39, 0.29) is 17.7 Å². The van der Waals surface area contributed by atoms with Crippen molar-refractivity contribution in [1.29, 1.82) is 0 Å². The number of aryl methyl sites for hydroxylation is 1. The summed E-state index contributed by atoms with van der Waals surface area (Å²) in [6, 6.07) is 0. The number of amides is 1. The molecule has 2 aromatic heterocycles. The van der Waals surface area contributed by atoms with Crippen LogP contribution >= 0.6 is 0 Å². The first-order valence-corrected chi connectivity index (χ1v) is 10.9. The smallest absolute Gasteiger partial charge is 0.332 e. The highest BCUT2D eigenvalue weighted by Gasteiger charge is 2.47. The zero-order chi connectivity index (χ0) is 22.7. The molecule has 1 aliphatic heterocycles. The molecular weight excluding hydrogens is 406 g/mol. The van der Waals surface area contributed by atoms with Crippen LogP contribution in [0, 0.1) is 0 Å². The Morgan fingerprint density at radius 2 is 1.74 bits per heavy atom. The molecule has 31 heavy (non-hydrogen) atoms. The molecule has 0 spiro atoms. The standard InChI is InChI=1S/C20H31N5O6/c1-4-7-9-23-16-12(18(29)24(20(23)30)10-8-5-2)25(11-22-16)19-14(27)13(26)15(31-19)17(28)21-6-3/h11,13-15,19,26-27H,4-10H2,1-3H3,(H,21,28). The molecule has 3 heterocycles. The maximum absolute atomic E-state index is 13.2. The van der Waals surface area contributed by atoms with Crippen molar-refractivity contribution in [2.75, 3.05) is 6.54 Å². The summed E-state index contributed by atoms with van der Waals surface area (Å²) in [4.78, 5) is 42.7. The van der Waals surface area contributed by atoms with Crippen molar-refractivity contribution in [3.8, 4) is 0 Å². The number of aromatic nitrogens is 4. The SMILES string of the molecule is CCCCn1c(=O)c2c(ncn2C2OC(C(=O)NCC)C(O)C2O)n(CCCC)c1=O. The Balaban J connectivity index is 2.13. The Hall–Kier alpha value is -2.50. The van der Waals surface area contributed by atoms with Gasteiger partial charge in [0.05, 0.1) is 6.33 Å². The summed E-state index contributed by atoms with van der Waals surface area (Å²) in [5, 5.41) is 23.5. The number of carbonyl (C=O) groups excluding carboxylic acids is 1. The highest BCUT2D eigenvalue weighted by Crippen LogP contribution is 2.31. The molecule has 11 nitrogen and oxygen atoms in total. The first-order chi connectivity index (χ1) is 14.9. The lowest BCUT2D eigenvalue weighted by Crippen LogP contribution is -2.42. The molecule has 3 rings (SSSR count). The average molecular weight is 437 g/mol. The van der Waals surface area contributed by atoms with Gasteiger partial charge in [0.15, 0.2) is 23.5 Å². The van der Waals surface area contributed by atoms with Crippen molar-refractivity contribution in [3.63, 3.8) is 0 Å². The second-order valence-electron chi connectivity index (χ2n) is 7.75. The summed E-state index contributed by atoms with van der Waals surface area (Å²) in [7, 11) is 0. The Labute approximate surface area is 179 Å². The number of rotatable bonds is 9. The highest BCUT2D eigenvalue weighted by molar-refractivity contribution is 5.82. The van der Waals surface area contributed by atoms with Crippen LogP contribution in [0.4, 0.5) is 0 Å². The van der Waals surface area contributed by atoms with Gasteiger partial charge in [0, 0.05) is 19.6 Å². The molecule has 11 heteroatoms. The van der Waals surface area contributed by atoms with Crippen LogP contribution in [0.2, 0.25) is 0 Å². The van der Waals surface area contributed by atoms with Gasteiger partial charge >= 0.3 is 5.69 Å². The molecule has 4 unspecified atom stereocenters. The molecule has 3 N–H and O–H groups in total. The van der Waals surface area contributed by atoms with Gasteiger partial charge in [0.25, 0.3) is 11.5 Å². The van der Waals surface area contributed by atoms with Gasteiger partial charge in [-0.1, -0.05) is 26.7 Å². The quantitative estimate of drug-likeness (QED) is 0.490. The molecule has 0 radical (unpaired) electrons. The fourth-order valence-electron chi connectivity index (χ4n) is 3.81. The predicted molar refractivity (Wildman–Crippen MR) is 113 cm³/mol. The Bertz CT molecular complexity index is 1040. The minimum Gasteiger partial charge on any atom is -0.387 e. The molecule has 1 fully saturated rings. The van der Waals surface area contributed by atoms with E-state index < -0.39 is 41.7 Å². The van der Waals surface area contributed by atoms with Gasteiger partial charge in [0.1, 0.15) is 12.2 Å². The van der Waals surface area contributed by atoms with E-state index >= 15 is 0 Å². The number of carbonyl (C=O) groups is 1. The number of nitrogens with zero attached hydrogens (tertiary/aromatic N) is 4. The third kappa shape index (κ3) is 4.17. The maximum Gasteiger partial charge on any atom is 0.332 e. The van der Waals surface area contributed by atoms with Crippen LogP contribution in [0.15, 0.2) is 15.9 Å². The van der Waals surface area contributed by atoms with Crippen LogP contribution in [0.3, 0.4) is 0 Å². The Kier molecular flexibility index (Phi) is 7.29. The molecule has 1 aliphatic rings. The van der Waals surface area contributed by atoms with Crippen molar-refractivity contribution in [1.82, 2.24) is 24.0 Å². The van der Waals surface area contributed by atoms with E-state index in [0.29, 0.717) is 19.5 Å². The van der Waals surface area contributed by atoms with Crippen molar-refractivity contribution in [3.05, 3.63) is 27.2 Å². The minimum atomic E-state index is -1.47. The number of likely N-dealkylation sites (N-methyl/N-ethyl adjacent to an activating group) is 1. The van der Waals surface area contributed by atoms with Crippen molar-refractivity contribution >= 4 is 17.1 Å². The molecule has 1 saturated heterocycles. The molecule has 0 aliphatic carbocycles. The number of hydrogen-bond acceptors (Lipinski definition) is 7. The van der Waals surface area contributed by atoms with Gasteiger partial charge < -0.3 is 20.3 Å². The van der Waals surface area contributed by atoms with Crippen LogP contribution in [0.5, 0.6) is 0 Å². The minimum absolute atomic E-state index is 0.0969. The molecule has 4 atom stereocenters. The number of imidazole rings is 1. The summed E-state index contributed by atoms with van der Waals surface area (Å²) in [6.07, 6.45) is -1.05. The van der Waals surface area contributed by atoms with E-state index in [1.807, 2.05) is 13.8 Å². The zero-order valence-corrected chi connectivity index (χ0v) is 18.2. The highest BCUT2D eigenvalue weighted by atomic mass is 16.6. The van der Waals surface area contributed by atoms with Gasteiger partial charge in [-0.15, -0.1) is 0 Å². The third-order valence-electron chi connectivity index (χ3n) is 5.53. The summed E-state index contributed by atoms with van der Waals surface area (Å²) in [6.45, 7) is 6.69. The monoisotopic (exact) mass is 437 g/mol. The number of fused-ring (bicyclic) bond motifs is 1. The molecule has 1 amide bonds. The van der Waals surface area contributed by atoms with E-state index in [4.69, 9.17) is 4.74 Å². The fraction of sp³-hybridized carbons (Fsp3) is 0.700. The maximum atomic E-state index is 13.2. The number of nitrogens with one attached hydrogen (secondary N) is 1. The lowest BCUT2D eigenvalue weighted by atomic mass is 10.1. The molecule has 0 saturated carbocycles. The van der Waals surface area contributed by atoms with Crippen LogP contribution < -0.4 is 16.6 Å². The van der Waals surface area contributed by atoms with Gasteiger partial charge in [-0.25, -0.2) is 9.78 Å². The second-order valence-corrected chi connectivity index (χ2v) is 7.75. The lowest BCUT2D eigenvalue weighted by molar-refractivity contribution is -0.137. The van der Waals surface area contributed by atoms with Crippen molar-refractivity contribution < 1.29 is 19.7 Å². The van der Waals surface area contributed by atoms with Gasteiger partial charge in [-0.2, -0.15) is 0 Å². The molecule has 0 bridgehead atoms. The van der Waals surface area contributed by atoms with E-state index in [1.54, 1.807) is 6.92 Å². The normalized spacial score (nSPS) is 23.5. The van der Waals surface area contributed by atoms with E-state index in [1.165, 1.54) is 20.0 Å². The molecule has 2 aromatic rings. The van der Waals surface area contributed by atoms with Gasteiger partial charge in [-0.05, 0) is 19.8 Å². The van der Waals surface area contributed by atoms with Gasteiger partial charge in [0.2, 0.25) is 0 Å². The predicted octanol–water partition coefficient (Wildman–Crippen LogP) is -0.285. The van der Waals surface area contributed by atoms with Crippen LogP contribution in [-0.4, -0.2) is 59.7 Å². The second kappa shape index (κ2) is 9.75. The first kappa shape index (κ1) is 23.2. The number of ether oxygens (including phenoxy) is 1. The summed E-state index contributed by atoms with van der Waals surface area (Å²) >= 11 is 0.